The summed E-state index contributed by atoms with van der Waals surface area (Å²) in [6.07, 6.45) is 0.762. The van der Waals surface area contributed by atoms with Gasteiger partial charge < -0.3 is 49.8 Å². The fraction of sp³-hybridized carbons (Fsp3) is 0.268. The summed E-state index contributed by atoms with van der Waals surface area (Å²) in [7, 11) is 4.65. The number of ether oxygens (including phenoxy) is 3. The molecular formula is C56H52Cl3N5O8. The molecule has 0 bridgehead atoms. The van der Waals surface area contributed by atoms with E-state index in [1.165, 1.54) is 0 Å². The standard InChI is InChI=1S/C31H28Cl2N2O4.C25H24ClN3O4/c32-14-18-16-34(24-12-26(36)20-6-1-3-8-22(20)30(18)24)28(38)10-5-11-29(39)35-17-19(15-33)31-23-9-4-2-7-21(23)27(37)13-25(31)35;1-31-20-9-13-8-18(28-22(13)24(33-3)23(20)32-2)25(30)29-12-14(11-26)21-16-7-5-4-6-15(16)17(27)10-19(21)29/h1-4,6-9,12-13,18-19,36-37H,5,10-11,14-17H2;4-10,14,28H,11-12,27H2,1-3H3/t18-,19-;/m1./s1. The predicted octanol–water partition coefficient (Wildman–Crippen LogP) is 11.5. The first-order valence-electron chi connectivity index (χ1n) is 23.7. The maximum Gasteiger partial charge on any atom is 0.274 e. The molecule has 0 spiro atoms. The number of benzene rings is 7. The van der Waals surface area contributed by atoms with Gasteiger partial charge >= 0.3 is 0 Å². The number of nitrogens with one attached hydrogen (secondary N) is 1. The molecule has 16 heteroatoms. The number of fused-ring (bicyclic) bond motifs is 10. The number of aromatic amines is 1. The highest BCUT2D eigenvalue weighted by atomic mass is 35.5. The number of alkyl halides is 3. The monoisotopic (exact) mass is 1030 g/mol. The van der Waals surface area contributed by atoms with Gasteiger partial charge in [-0.25, -0.2) is 0 Å². The topological polar surface area (TPSA) is 171 Å². The first kappa shape index (κ1) is 48.6. The number of hydrogen-bond donors (Lipinski definition) is 4. The number of aromatic nitrogens is 1. The molecule has 72 heavy (non-hydrogen) atoms. The molecule has 0 saturated carbocycles. The van der Waals surface area contributed by atoms with E-state index in [9.17, 15) is 24.6 Å². The zero-order valence-electron chi connectivity index (χ0n) is 39.8. The number of nitrogens with zero attached hydrogens (tertiary/aromatic N) is 3. The normalized spacial score (nSPS) is 16.8. The van der Waals surface area contributed by atoms with Crippen molar-refractivity contribution < 1.29 is 38.8 Å². The van der Waals surface area contributed by atoms with Gasteiger partial charge in [0, 0.05) is 107 Å². The molecule has 13 nitrogen and oxygen atoms in total. The number of phenolic OH excluding ortho intramolecular Hbond substituents is 2. The molecule has 0 fully saturated rings. The third kappa shape index (κ3) is 8.17. The van der Waals surface area contributed by atoms with Crippen LogP contribution in [0.1, 0.15) is 64.2 Å². The van der Waals surface area contributed by atoms with Gasteiger partial charge in [-0.15, -0.1) is 34.8 Å². The average molecular weight is 1030 g/mol. The number of anilines is 4. The lowest BCUT2D eigenvalue weighted by Gasteiger charge is -2.20. The van der Waals surface area contributed by atoms with Crippen LogP contribution in [0, 0.1) is 0 Å². The van der Waals surface area contributed by atoms with Gasteiger partial charge in [0.25, 0.3) is 5.91 Å². The van der Waals surface area contributed by atoms with Crippen molar-refractivity contribution in [2.24, 2.45) is 0 Å². The number of carbonyl (C=O) groups is 3. The molecule has 8 aromatic rings. The Kier molecular flexibility index (Phi) is 13.4. The van der Waals surface area contributed by atoms with E-state index < -0.39 is 0 Å². The lowest BCUT2D eigenvalue weighted by molar-refractivity contribution is -0.119. The van der Waals surface area contributed by atoms with Crippen LogP contribution in [0.2, 0.25) is 0 Å². The van der Waals surface area contributed by atoms with Gasteiger partial charge in [-0.2, -0.15) is 0 Å². The summed E-state index contributed by atoms with van der Waals surface area (Å²) in [5.74, 6) is 2.41. The van der Waals surface area contributed by atoms with Crippen LogP contribution in [0.4, 0.5) is 22.7 Å². The number of carbonyl (C=O) groups excluding carboxylic acids is 3. The Bertz CT molecular complexity index is 3350. The lowest BCUT2D eigenvalue weighted by Crippen LogP contribution is -2.32. The van der Waals surface area contributed by atoms with E-state index in [1.54, 1.807) is 54.2 Å². The zero-order valence-corrected chi connectivity index (χ0v) is 42.1. The van der Waals surface area contributed by atoms with E-state index in [-0.39, 0.29) is 59.8 Å². The molecule has 0 aliphatic carbocycles. The van der Waals surface area contributed by atoms with Crippen molar-refractivity contribution >= 4 is 118 Å². The Morgan fingerprint density at radius 3 is 1.47 bits per heavy atom. The van der Waals surface area contributed by atoms with Crippen LogP contribution in [0.5, 0.6) is 28.7 Å². The molecular weight excluding hydrogens is 977 g/mol. The van der Waals surface area contributed by atoms with Gasteiger partial charge in [-0.3, -0.25) is 14.4 Å². The quantitative estimate of drug-likeness (QED) is 0.0727. The summed E-state index contributed by atoms with van der Waals surface area (Å²) in [5, 5.41) is 27.3. The van der Waals surface area contributed by atoms with E-state index >= 15 is 0 Å². The number of nitrogen functional groups attached to an aromatic ring is 1. The van der Waals surface area contributed by atoms with E-state index in [0.29, 0.717) is 89.2 Å². The summed E-state index contributed by atoms with van der Waals surface area (Å²) in [6, 6.07) is 31.9. The van der Waals surface area contributed by atoms with Crippen LogP contribution in [-0.4, -0.2) is 91.5 Å². The molecule has 3 atom stereocenters. The van der Waals surface area contributed by atoms with Crippen LogP contribution >= 0.6 is 34.8 Å². The second-order valence-electron chi connectivity index (χ2n) is 18.3. The summed E-state index contributed by atoms with van der Waals surface area (Å²) in [4.78, 5) is 48.7. The minimum absolute atomic E-state index is 0.00946. The zero-order chi connectivity index (χ0) is 50.5. The summed E-state index contributed by atoms with van der Waals surface area (Å²) in [6.45, 7) is 1.37. The Balaban J connectivity index is 0.000000168. The molecule has 370 valence electrons. The van der Waals surface area contributed by atoms with Crippen molar-refractivity contribution in [3.05, 3.63) is 126 Å². The first-order chi connectivity index (χ1) is 34.9. The second-order valence-corrected chi connectivity index (χ2v) is 19.2. The highest BCUT2D eigenvalue weighted by molar-refractivity contribution is 6.20. The number of nitrogens with two attached hydrogens (primary N) is 1. The third-order valence-electron chi connectivity index (χ3n) is 14.3. The first-order valence-corrected chi connectivity index (χ1v) is 25.3. The van der Waals surface area contributed by atoms with Crippen LogP contribution in [0.15, 0.2) is 103 Å². The van der Waals surface area contributed by atoms with E-state index in [2.05, 4.69) is 4.98 Å². The number of aromatic hydroxyl groups is 2. The highest BCUT2D eigenvalue weighted by Gasteiger charge is 2.38. The SMILES string of the molecule is COc1cc2cc(C(=O)N3CC(CCl)c4c3cc(N)c3ccccc43)[nH]c2c(OC)c1OC.O=C(CCCC(=O)N1C[C@@H](CCl)c2c1cc(O)c1ccccc21)N1C[C@@H](CCl)c2c1cc(O)c1ccccc21. The number of halogens is 3. The molecule has 11 rings (SSSR count). The van der Waals surface area contributed by atoms with Crippen molar-refractivity contribution in [2.45, 2.75) is 37.0 Å². The molecule has 3 aliphatic rings. The fourth-order valence-corrected chi connectivity index (χ4v) is 11.8. The van der Waals surface area contributed by atoms with Crippen molar-refractivity contribution in [1.29, 1.82) is 0 Å². The summed E-state index contributed by atoms with van der Waals surface area (Å²) < 4.78 is 16.5. The molecule has 0 saturated heterocycles. The van der Waals surface area contributed by atoms with Gasteiger partial charge in [0.2, 0.25) is 17.6 Å². The third-order valence-corrected chi connectivity index (χ3v) is 15.4. The summed E-state index contributed by atoms with van der Waals surface area (Å²) in [5.41, 5.74) is 13.3. The maximum atomic E-state index is 13.7. The fourth-order valence-electron chi connectivity index (χ4n) is 11.0. The minimum Gasteiger partial charge on any atom is -0.507 e. The van der Waals surface area contributed by atoms with Crippen molar-refractivity contribution in [1.82, 2.24) is 4.98 Å². The smallest absolute Gasteiger partial charge is 0.274 e. The predicted molar refractivity (Wildman–Crippen MR) is 288 cm³/mol. The van der Waals surface area contributed by atoms with E-state index in [4.69, 9.17) is 54.7 Å². The molecule has 3 aliphatic heterocycles. The number of H-pyrrole nitrogens is 1. The number of amides is 3. The second kappa shape index (κ2) is 19.9. The largest absolute Gasteiger partial charge is 0.507 e. The minimum atomic E-state index is -0.172. The molecule has 0 radical (unpaired) electrons. The van der Waals surface area contributed by atoms with E-state index in [0.717, 1.165) is 60.1 Å². The molecule has 1 unspecified atom stereocenters. The Morgan fingerprint density at radius 2 is 1.01 bits per heavy atom. The molecule has 3 amide bonds. The van der Waals surface area contributed by atoms with Gasteiger partial charge in [0.15, 0.2) is 11.5 Å². The molecule has 7 aromatic carbocycles. The maximum absolute atomic E-state index is 13.7. The van der Waals surface area contributed by atoms with Gasteiger partial charge in [-0.05, 0) is 57.5 Å². The number of phenols is 2. The van der Waals surface area contributed by atoms with Crippen molar-refractivity contribution in [3.8, 4) is 28.7 Å². The Labute approximate surface area is 430 Å². The van der Waals surface area contributed by atoms with Crippen molar-refractivity contribution in [3.63, 3.8) is 0 Å². The van der Waals surface area contributed by atoms with Crippen LogP contribution in [0.25, 0.3) is 43.2 Å². The van der Waals surface area contributed by atoms with Crippen LogP contribution in [0.3, 0.4) is 0 Å². The summed E-state index contributed by atoms with van der Waals surface area (Å²) >= 11 is 18.9. The number of hydrogen-bond acceptors (Lipinski definition) is 9. The van der Waals surface area contributed by atoms with Crippen molar-refractivity contribution in [2.75, 3.05) is 79.0 Å². The van der Waals surface area contributed by atoms with E-state index in [1.807, 2.05) is 84.9 Å². The Morgan fingerprint density at radius 1 is 0.583 bits per heavy atom. The highest BCUT2D eigenvalue weighted by Crippen LogP contribution is 2.49. The molecule has 1 aromatic heterocycles. The number of rotatable bonds is 11. The van der Waals surface area contributed by atoms with Gasteiger partial charge in [0.05, 0.1) is 43.9 Å². The average Bonchev–Trinajstić information content (AvgIpc) is 4.20. The number of methoxy groups -OCH3 is 3. The van der Waals surface area contributed by atoms with Crippen LogP contribution in [-0.2, 0) is 9.59 Å². The molecule has 5 N–H and O–H groups in total. The van der Waals surface area contributed by atoms with Crippen LogP contribution < -0.4 is 34.6 Å². The lowest BCUT2D eigenvalue weighted by atomic mass is 9.95. The van der Waals surface area contributed by atoms with Gasteiger partial charge in [-0.1, -0.05) is 72.8 Å². The van der Waals surface area contributed by atoms with Gasteiger partial charge in [0.1, 0.15) is 17.2 Å². The molecule has 4 heterocycles. The Hall–Kier alpha value is -7.06.